The van der Waals surface area contributed by atoms with Gasteiger partial charge >= 0.3 is 0 Å². The molecule has 0 saturated carbocycles. The Kier molecular flexibility index (Phi) is 3.20. The minimum Gasteiger partial charge on any atom is -0.309 e. The average molecular weight is 296 g/mol. The van der Waals surface area contributed by atoms with Crippen LogP contribution in [-0.2, 0) is 13.1 Å². The molecule has 2 aliphatic rings. The van der Waals surface area contributed by atoms with E-state index in [0.29, 0.717) is 0 Å². The van der Waals surface area contributed by atoms with Crippen molar-refractivity contribution < 1.29 is 4.79 Å². The van der Waals surface area contributed by atoms with E-state index in [4.69, 9.17) is 0 Å². The molecule has 2 aromatic rings. The van der Waals surface area contributed by atoms with Crippen molar-refractivity contribution in [3.8, 4) is 0 Å². The van der Waals surface area contributed by atoms with Gasteiger partial charge in [0.05, 0.1) is 5.69 Å². The Hall–Kier alpha value is -1.78. The first-order valence-corrected chi connectivity index (χ1v) is 8.18. The van der Waals surface area contributed by atoms with Crippen LogP contribution in [0.2, 0.25) is 0 Å². The summed E-state index contributed by atoms with van der Waals surface area (Å²) in [6.07, 6.45) is 0. The van der Waals surface area contributed by atoms with E-state index in [-0.39, 0.29) is 5.91 Å². The van der Waals surface area contributed by atoms with Gasteiger partial charge in [-0.1, -0.05) is 18.2 Å². The molecule has 21 heavy (non-hydrogen) atoms. The number of nitrogens with zero attached hydrogens (tertiary/aromatic N) is 1. The normalized spacial score (nSPS) is 16.5. The Labute approximate surface area is 128 Å². The highest BCUT2D eigenvalue weighted by Gasteiger charge is 2.24. The number of amides is 1. The Balaban J connectivity index is 1.70. The summed E-state index contributed by atoms with van der Waals surface area (Å²) in [6, 6.07) is 14.2. The lowest BCUT2D eigenvalue weighted by molar-refractivity contribution is 0.0987. The number of thioether (sulfide) groups is 1. The van der Waals surface area contributed by atoms with Crippen LogP contribution in [0.25, 0.3) is 0 Å². The van der Waals surface area contributed by atoms with Gasteiger partial charge in [0.15, 0.2) is 0 Å². The number of rotatable bonds is 1. The Morgan fingerprint density at radius 2 is 1.95 bits per heavy atom. The molecule has 1 N–H and O–H groups in total. The number of fused-ring (bicyclic) bond motifs is 2. The van der Waals surface area contributed by atoms with Gasteiger partial charge < -0.3 is 10.2 Å². The number of para-hydroxylation sites is 1. The highest BCUT2D eigenvalue weighted by molar-refractivity contribution is 7.99. The monoisotopic (exact) mass is 296 g/mol. The van der Waals surface area contributed by atoms with Crippen molar-refractivity contribution in [1.29, 1.82) is 0 Å². The zero-order chi connectivity index (χ0) is 14.2. The van der Waals surface area contributed by atoms with Crippen molar-refractivity contribution in [2.75, 3.05) is 17.2 Å². The lowest BCUT2D eigenvalue weighted by Gasteiger charge is -2.29. The van der Waals surface area contributed by atoms with Crippen LogP contribution in [0.15, 0.2) is 47.4 Å². The summed E-state index contributed by atoms with van der Waals surface area (Å²) < 4.78 is 0. The topological polar surface area (TPSA) is 32.3 Å². The summed E-state index contributed by atoms with van der Waals surface area (Å²) in [4.78, 5) is 16.0. The van der Waals surface area contributed by atoms with Crippen LogP contribution in [0, 0.1) is 0 Å². The van der Waals surface area contributed by atoms with Gasteiger partial charge in [0.1, 0.15) is 0 Å². The Bertz CT molecular complexity index is 714. The predicted molar refractivity (Wildman–Crippen MR) is 85.8 cm³/mol. The van der Waals surface area contributed by atoms with Crippen LogP contribution in [0.3, 0.4) is 0 Å². The molecule has 0 saturated heterocycles. The van der Waals surface area contributed by atoms with Crippen LogP contribution in [0.4, 0.5) is 5.69 Å². The second-order valence-electron chi connectivity index (χ2n) is 5.36. The molecule has 2 aliphatic heterocycles. The molecule has 0 atom stereocenters. The van der Waals surface area contributed by atoms with Gasteiger partial charge in [0.2, 0.25) is 0 Å². The van der Waals surface area contributed by atoms with Gasteiger partial charge in [-0.15, -0.1) is 11.8 Å². The van der Waals surface area contributed by atoms with E-state index >= 15 is 0 Å². The number of hydrogen-bond donors (Lipinski definition) is 1. The van der Waals surface area contributed by atoms with E-state index in [1.165, 1.54) is 16.0 Å². The van der Waals surface area contributed by atoms with Gasteiger partial charge in [-0.25, -0.2) is 0 Å². The third-order valence-corrected chi connectivity index (χ3v) is 5.10. The van der Waals surface area contributed by atoms with E-state index in [2.05, 4.69) is 17.4 Å². The molecule has 0 spiro atoms. The van der Waals surface area contributed by atoms with E-state index in [1.807, 2.05) is 47.0 Å². The van der Waals surface area contributed by atoms with E-state index in [9.17, 15) is 4.79 Å². The molecule has 0 aliphatic carbocycles. The Morgan fingerprint density at radius 1 is 1.10 bits per heavy atom. The summed E-state index contributed by atoms with van der Waals surface area (Å²) in [5, 5.41) is 3.32. The van der Waals surface area contributed by atoms with Crippen molar-refractivity contribution in [2.45, 2.75) is 18.0 Å². The molecule has 0 unspecified atom stereocenters. The molecule has 0 radical (unpaired) electrons. The number of carbonyl (C=O) groups is 1. The third kappa shape index (κ3) is 2.24. The number of hydrogen-bond acceptors (Lipinski definition) is 3. The predicted octanol–water partition coefficient (Wildman–Crippen LogP) is 3.04. The minimum absolute atomic E-state index is 0.109. The van der Waals surface area contributed by atoms with Gasteiger partial charge in [-0.05, 0) is 35.4 Å². The molecule has 0 aromatic heterocycles. The number of benzene rings is 2. The first-order chi connectivity index (χ1) is 10.3. The van der Waals surface area contributed by atoms with E-state index < -0.39 is 0 Å². The van der Waals surface area contributed by atoms with Crippen LogP contribution in [-0.4, -0.2) is 18.2 Å². The average Bonchev–Trinajstić information content (AvgIpc) is 3.01. The van der Waals surface area contributed by atoms with Gasteiger partial charge in [0, 0.05) is 35.8 Å². The van der Waals surface area contributed by atoms with E-state index in [0.717, 1.165) is 36.6 Å². The fourth-order valence-corrected chi connectivity index (χ4v) is 3.96. The third-order valence-electron chi connectivity index (χ3n) is 4.06. The van der Waals surface area contributed by atoms with E-state index in [1.54, 1.807) is 0 Å². The van der Waals surface area contributed by atoms with Crippen LogP contribution < -0.4 is 10.2 Å². The zero-order valence-electron chi connectivity index (χ0n) is 11.6. The van der Waals surface area contributed by atoms with Gasteiger partial charge in [-0.2, -0.15) is 0 Å². The maximum Gasteiger partial charge on any atom is 0.258 e. The van der Waals surface area contributed by atoms with Crippen molar-refractivity contribution in [3.63, 3.8) is 0 Å². The maximum atomic E-state index is 12.9. The Morgan fingerprint density at radius 3 is 2.90 bits per heavy atom. The molecule has 2 heterocycles. The second-order valence-corrected chi connectivity index (χ2v) is 6.50. The molecule has 4 heteroatoms. The lowest BCUT2D eigenvalue weighted by Crippen LogP contribution is -2.35. The standard InChI is InChI=1S/C17H16N2OS/c20-17(12-5-6-13-10-18-11-14(13)9-12)19-7-8-21-16-4-2-1-3-15(16)19/h1-6,9,18H,7-8,10-11H2. The van der Waals surface area contributed by atoms with Crippen molar-refractivity contribution in [1.82, 2.24) is 5.32 Å². The quantitative estimate of drug-likeness (QED) is 0.878. The smallest absolute Gasteiger partial charge is 0.258 e. The number of anilines is 1. The highest BCUT2D eigenvalue weighted by atomic mass is 32.2. The molecule has 2 aromatic carbocycles. The summed E-state index contributed by atoms with van der Waals surface area (Å²) >= 11 is 1.82. The number of nitrogens with one attached hydrogen (secondary N) is 1. The summed E-state index contributed by atoms with van der Waals surface area (Å²) in [5.41, 5.74) is 4.39. The zero-order valence-corrected chi connectivity index (χ0v) is 12.5. The largest absolute Gasteiger partial charge is 0.309 e. The van der Waals surface area contributed by atoms with Crippen molar-refractivity contribution >= 4 is 23.4 Å². The summed E-state index contributed by atoms with van der Waals surface area (Å²) in [5.74, 6) is 1.06. The van der Waals surface area contributed by atoms with Crippen molar-refractivity contribution in [2.24, 2.45) is 0 Å². The fraction of sp³-hybridized carbons (Fsp3) is 0.235. The molecule has 0 fully saturated rings. The molecule has 4 rings (SSSR count). The maximum absolute atomic E-state index is 12.9. The summed E-state index contributed by atoms with van der Waals surface area (Å²) in [7, 11) is 0. The minimum atomic E-state index is 0.109. The van der Waals surface area contributed by atoms with Crippen molar-refractivity contribution in [3.05, 3.63) is 59.2 Å². The van der Waals surface area contributed by atoms with Gasteiger partial charge in [-0.3, -0.25) is 4.79 Å². The fourth-order valence-electron chi connectivity index (χ4n) is 2.96. The number of carbonyl (C=O) groups excluding carboxylic acids is 1. The molecule has 106 valence electrons. The summed E-state index contributed by atoms with van der Waals surface area (Å²) in [6.45, 7) is 2.55. The molecule has 1 amide bonds. The first-order valence-electron chi connectivity index (χ1n) is 7.19. The van der Waals surface area contributed by atoms with Crippen LogP contribution >= 0.6 is 11.8 Å². The van der Waals surface area contributed by atoms with Crippen LogP contribution in [0.1, 0.15) is 21.5 Å². The SMILES string of the molecule is O=C(c1ccc2c(c1)CNC2)N1CCSc2ccccc21. The molecular weight excluding hydrogens is 280 g/mol. The molecular formula is C17H16N2OS. The molecule has 0 bridgehead atoms. The molecule has 3 nitrogen and oxygen atoms in total. The van der Waals surface area contributed by atoms with Crippen LogP contribution in [0.5, 0.6) is 0 Å². The second kappa shape index (κ2) is 5.20. The lowest BCUT2D eigenvalue weighted by atomic mass is 10.1. The first kappa shape index (κ1) is 12.9. The van der Waals surface area contributed by atoms with Gasteiger partial charge in [0.25, 0.3) is 5.91 Å². The highest BCUT2D eigenvalue weighted by Crippen LogP contribution is 2.35.